The van der Waals surface area contributed by atoms with Gasteiger partial charge in [-0.1, -0.05) is 12.1 Å². The lowest BCUT2D eigenvalue weighted by Gasteiger charge is -2.13. The van der Waals surface area contributed by atoms with E-state index in [-0.39, 0.29) is 6.54 Å². The van der Waals surface area contributed by atoms with Gasteiger partial charge in [-0.15, -0.1) is 0 Å². The molecule has 8 heteroatoms. The van der Waals surface area contributed by atoms with Crippen LogP contribution >= 0.6 is 0 Å². The van der Waals surface area contributed by atoms with E-state index in [0.29, 0.717) is 10.6 Å². The minimum absolute atomic E-state index is 0.0904. The average Bonchev–Trinajstić information content (AvgIpc) is 2.67. The van der Waals surface area contributed by atoms with Gasteiger partial charge in [-0.2, -0.15) is 0 Å². The van der Waals surface area contributed by atoms with Gasteiger partial charge in [-0.05, 0) is 43.3 Å². The van der Waals surface area contributed by atoms with Crippen LogP contribution < -0.4 is 14.8 Å². The lowest BCUT2D eigenvalue weighted by molar-refractivity contribution is 0.199. The van der Waals surface area contributed by atoms with Crippen LogP contribution in [0.5, 0.6) is 5.75 Å². The Morgan fingerprint density at radius 3 is 2.63 bits per heavy atom. The Bertz CT molecular complexity index is 1030. The molecule has 2 aromatic carbocycles. The van der Waals surface area contributed by atoms with E-state index < -0.39 is 16.0 Å². The molecule has 0 aliphatic rings. The summed E-state index contributed by atoms with van der Waals surface area (Å²) in [7, 11) is -1.54. The van der Waals surface area contributed by atoms with Crippen LogP contribution in [0.4, 0.5) is 11.4 Å². The summed E-state index contributed by atoms with van der Waals surface area (Å²) in [4.78, 5) is 4.74. The summed E-state index contributed by atoms with van der Waals surface area (Å²) in [6, 6.07) is 14.4. The summed E-state index contributed by atoms with van der Waals surface area (Å²) >= 11 is 0. The molecule has 0 saturated carbocycles. The van der Waals surface area contributed by atoms with Crippen molar-refractivity contribution in [1.82, 2.24) is 9.71 Å². The van der Waals surface area contributed by atoms with Crippen molar-refractivity contribution in [2.75, 3.05) is 19.0 Å². The number of para-hydroxylation sites is 1. The molecule has 3 aromatic rings. The van der Waals surface area contributed by atoms with Crippen LogP contribution in [0.2, 0.25) is 0 Å². The lowest BCUT2D eigenvalue weighted by Crippen LogP contribution is -2.29. The minimum Gasteiger partial charge on any atom is -0.494 e. The van der Waals surface area contributed by atoms with Gasteiger partial charge in [-0.25, -0.2) is 13.7 Å². The fourth-order valence-corrected chi connectivity index (χ4v) is 3.79. The zero-order valence-corrected chi connectivity index (χ0v) is 15.9. The molecule has 2 atom stereocenters. The molecule has 1 aromatic heterocycles. The summed E-state index contributed by atoms with van der Waals surface area (Å²) in [5.74, 6) is 0.699. The normalized spacial score (nSPS) is 14.5. The topological polar surface area (TPSA) is 107 Å². The number of hydrogen-bond acceptors (Lipinski definition) is 6. The van der Waals surface area contributed by atoms with Gasteiger partial charge in [-0.3, -0.25) is 4.98 Å². The maximum Gasteiger partial charge on any atom is 0.145 e. The number of anilines is 2. The fourth-order valence-electron chi connectivity index (χ4n) is 2.63. The summed E-state index contributed by atoms with van der Waals surface area (Å²) in [5, 5.41) is 13.5. The van der Waals surface area contributed by atoms with Crippen molar-refractivity contribution in [1.29, 1.82) is 4.78 Å². The third kappa shape index (κ3) is 4.36. The van der Waals surface area contributed by atoms with Crippen molar-refractivity contribution >= 4 is 32.2 Å². The first-order valence-electron chi connectivity index (χ1n) is 8.41. The first-order valence-corrected chi connectivity index (χ1v) is 9.97. The van der Waals surface area contributed by atoms with Gasteiger partial charge in [0.05, 0.1) is 18.1 Å². The molecule has 3 rings (SSSR count). The number of aliphatic hydroxyl groups excluding tert-OH is 1. The molecule has 0 bridgehead atoms. The second kappa shape index (κ2) is 7.91. The Hall–Kier alpha value is -2.68. The Balaban J connectivity index is 1.84. The van der Waals surface area contributed by atoms with Crippen LogP contribution in [0, 0.1) is 4.78 Å². The zero-order chi connectivity index (χ0) is 19.4. The third-order valence-electron chi connectivity index (χ3n) is 4.00. The van der Waals surface area contributed by atoms with Crippen molar-refractivity contribution in [3.05, 3.63) is 54.7 Å². The van der Waals surface area contributed by atoms with Crippen LogP contribution in [0.15, 0.2) is 59.6 Å². The highest BCUT2D eigenvalue weighted by Crippen LogP contribution is 2.30. The van der Waals surface area contributed by atoms with Gasteiger partial charge in [0, 0.05) is 29.5 Å². The largest absolute Gasteiger partial charge is 0.494 e. The number of benzene rings is 2. The molecule has 0 saturated heterocycles. The van der Waals surface area contributed by atoms with E-state index in [1.54, 1.807) is 44.5 Å². The van der Waals surface area contributed by atoms with Gasteiger partial charge in [0.25, 0.3) is 0 Å². The van der Waals surface area contributed by atoms with E-state index in [9.17, 15) is 9.32 Å². The number of rotatable bonds is 7. The van der Waals surface area contributed by atoms with Gasteiger partial charge >= 0.3 is 0 Å². The Labute approximate surface area is 158 Å². The highest BCUT2D eigenvalue weighted by molar-refractivity contribution is 7.90. The number of nitrogens with zero attached hydrogens (tertiary/aromatic N) is 1. The van der Waals surface area contributed by atoms with E-state index in [4.69, 9.17) is 9.52 Å². The summed E-state index contributed by atoms with van der Waals surface area (Å²) < 4.78 is 28.3. The third-order valence-corrected chi connectivity index (χ3v) is 5.51. The molecule has 1 unspecified atom stereocenters. The first-order chi connectivity index (χ1) is 12.9. The maximum atomic E-state index is 12.4. The van der Waals surface area contributed by atoms with Gasteiger partial charge in [0.2, 0.25) is 0 Å². The predicted molar refractivity (Wildman–Crippen MR) is 107 cm³/mol. The summed E-state index contributed by atoms with van der Waals surface area (Å²) in [6.07, 6.45) is 1.03. The molecule has 0 amide bonds. The Kier molecular flexibility index (Phi) is 5.59. The molecule has 0 fully saturated rings. The van der Waals surface area contributed by atoms with Crippen molar-refractivity contribution < 1.29 is 14.1 Å². The van der Waals surface area contributed by atoms with Crippen LogP contribution in [-0.4, -0.2) is 34.1 Å². The van der Waals surface area contributed by atoms with Gasteiger partial charge < -0.3 is 15.2 Å². The van der Waals surface area contributed by atoms with Crippen LogP contribution in [-0.2, 0) is 9.92 Å². The van der Waals surface area contributed by atoms with Crippen LogP contribution in [0.3, 0.4) is 0 Å². The quantitative estimate of drug-likeness (QED) is 0.498. The smallest absolute Gasteiger partial charge is 0.145 e. The molecule has 0 aliphatic heterocycles. The second-order valence-electron chi connectivity index (χ2n) is 6.12. The molecular formula is C19H22N4O3S. The van der Waals surface area contributed by atoms with Gasteiger partial charge in [0.15, 0.2) is 0 Å². The highest BCUT2D eigenvalue weighted by Gasteiger charge is 2.11. The predicted octanol–water partition coefficient (Wildman–Crippen LogP) is 3.28. The summed E-state index contributed by atoms with van der Waals surface area (Å²) in [6.45, 7) is 1.66. The number of hydrogen-bond donors (Lipinski definition) is 4. The monoisotopic (exact) mass is 386 g/mol. The van der Waals surface area contributed by atoms with Crippen molar-refractivity contribution in [3.8, 4) is 5.75 Å². The average molecular weight is 386 g/mol. The van der Waals surface area contributed by atoms with Crippen LogP contribution in [0.25, 0.3) is 10.9 Å². The number of ether oxygens (including phenoxy) is 1. The first kappa shape index (κ1) is 19.1. The molecule has 0 radical (unpaired) electrons. The number of methoxy groups -OCH3 is 1. The van der Waals surface area contributed by atoms with E-state index in [1.165, 1.54) is 0 Å². The number of pyridine rings is 1. The molecule has 0 aliphatic carbocycles. The van der Waals surface area contributed by atoms with Gasteiger partial charge in [0.1, 0.15) is 21.2 Å². The van der Waals surface area contributed by atoms with Crippen molar-refractivity contribution in [3.63, 3.8) is 0 Å². The molecule has 7 nitrogen and oxygen atoms in total. The number of nitrogens with one attached hydrogen (secondary N) is 3. The number of fused-ring (bicyclic) bond motifs is 1. The Morgan fingerprint density at radius 1 is 1.22 bits per heavy atom. The zero-order valence-electron chi connectivity index (χ0n) is 15.1. The fraction of sp³-hybridized carbons (Fsp3) is 0.211. The molecule has 0 spiro atoms. The van der Waals surface area contributed by atoms with E-state index >= 15 is 0 Å². The molecule has 27 heavy (non-hydrogen) atoms. The standard InChI is InChI=1S/C19H22N4O3S/c1-13(24)12-22-27(20,25)15-8-6-14(7-9-15)23-17-10-11-21-19-16(17)4-3-5-18(19)26-2/h3-11,13,24H,12H2,1-2H3,(H,21,23)(H2,20,22,25)/t13-,27?/m1/s1. The van der Waals surface area contributed by atoms with E-state index in [0.717, 1.165) is 22.3 Å². The molecule has 142 valence electrons. The molecule has 1 heterocycles. The van der Waals surface area contributed by atoms with Crippen molar-refractivity contribution in [2.24, 2.45) is 0 Å². The molecule has 4 N–H and O–H groups in total. The lowest BCUT2D eigenvalue weighted by atomic mass is 10.1. The van der Waals surface area contributed by atoms with E-state index in [2.05, 4.69) is 15.0 Å². The van der Waals surface area contributed by atoms with E-state index in [1.807, 2.05) is 24.3 Å². The highest BCUT2D eigenvalue weighted by atomic mass is 32.2. The number of aliphatic hydroxyl groups is 1. The maximum absolute atomic E-state index is 12.4. The Morgan fingerprint density at radius 2 is 1.96 bits per heavy atom. The number of aromatic nitrogens is 1. The second-order valence-corrected chi connectivity index (χ2v) is 7.99. The van der Waals surface area contributed by atoms with Crippen molar-refractivity contribution in [2.45, 2.75) is 17.9 Å². The SMILES string of the molecule is COc1cccc2c(Nc3ccc(S(=N)(=O)NC[C@@H](C)O)cc3)ccnc12. The summed E-state index contributed by atoms with van der Waals surface area (Å²) in [5.41, 5.74) is 2.42. The van der Waals surface area contributed by atoms with Crippen LogP contribution in [0.1, 0.15) is 6.92 Å². The molecular weight excluding hydrogens is 364 g/mol. The minimum atomic E-state index is -3.15.